The number of ether oxygens (including phenoxy) is 2. The standard InChI is InChI=1S/C15H21NO2/c16-14(10-13-4-2-7-17-13)11-5-6-15-12(9-11)3-1-8-18-15/h5-6,9,13-14H,1-4,7-8,10,16H2. The summed E-state index contributed by atoms with van der Waals surface area (Å²) in [5.41, 5.74) is 8.81. The Morgan fingerprint density at radius 2 is 2.22 bits per heavy atom. The lowest BCUT2D eigenvalue weighted by Gasteiger charge is -2.21. The van der Waals surface area contributed by atoms with Gasteiger partial charge in [-0.3, -0.25) is 0 Å². The first kappa shape index (κ1) is 12.0. The summed E-state index contributed by atoms with van der Waals surface area (Å²) in [6.45, 7) is 1.74. The maximum atomic E-state index is 6.29. The number of hydrogen-bond donors (Lipinski definition) is 1. The summed E-state index contributed by atoms with van der Waals surface area (Å²) in [4.78, 5) is 0. The van der Waals surface area contributed by atoms with Crippen molar-refractivity contribution in [3.63, 3.8) is 0 Å². The fourth-order valence-corrected chi connectivity index (χ4v) is 2.86. The molecule has 2 unspecified atom stereocenters. The van der Waals surface area contributed by atoms with Gasteiger partial charge in [0.05, 0.1) is 12.7 Å². The molecule has 2 aliphatic heterocycles. The quantitative estimate of drug-likeness (QED) is 0.893. The Bertz CT molecular complexity index is 413. The van der Waals surface area contributed by atoms with Crippen LogP contribution in [-0.4, -0.2) is 19.3 Å². The van der Waals surface area contributed by atoms with Crippen molar-refractivity contribution in [1.82, 2.24) is 0 Å². The van der Waals surface area contributed by atoms with Crippen LogP contribution < -0.4 is 10.5 Å². The van der Waals surface area contributed by atoms with Gasteiger partial charge in [-0.25, -0.2) is 0 Å². The molecule has 0 spiro atoms. The highest BCUT2D eigenvalue weighted by Gasteiger charge is 2.20. The number of hydrogen-bond acceptors (Lipinski definition) is 3. The molecule has 2 heterocycles. The summed E-state index contributed by atoms with van der Waals surface area (Å²) >= 11 is 0. The molecule has 0 saturated carbocycles. The van der Waals surface area contributed by atoms with Crippen molar-refractivity contribution in [1.29, 1.82) is 0 Å². The minimum absolute atomic E-state index is 0.0836. The van der Waals surface area contributed by atoms with Gasteiger partial charge in [-0.1, -0.05) is 12.1 Å². The molecule has 2 N–H and O–H groups in total. The van der Waals surface area contributed by atoms with Crippen LogP contribution in [0, 0.1) is 0 Å². The normalized spacial score (nSPS) is 24.4. The van der Waals surface area contributed by atoms with Crippen molar-refractivity contribution >= 4 is 0 Å². The SMILES string of the molecule is NC(CC1CCCO1)c1ccc2c(c1)CCCO2. The van der Waals surface area contributed by atoms with Crippen LogP contribution in [0.3, 0.4) is 0 Å². The highest BCUT2D eigenvalue weighted by molar-refractivity contribution is 5.39. The summed E-state index contributed by atoms with van der Waals surface area (Å²) in [6.07, 6.45) is 5.83. The molecule has 3 nitrogen and oxygen atoms in total. The van der Waals surface area contributed by atoms with Gasteiger partial charge in [-0.15, -0.1) is 0 Å². The largest absolute Gasteiger partial charge is 0.493 e. The lowest BCUT2D eigenvalue weighted by Crippen LogP contribution is -2.19. The van der Waals surface area contributed by atoms with Crippen LogP contribution >= 0.6 is 0 Å². The van der Waals surface area contributed by atoms with Gasteiger partial charge in [-0.2, -0.15) is 0 Å². The summed E-state index contributed by atoms with van der Waals surface area (Å²) in [5, 5.41) is 0. The smallest absolute Gasteiger partial charge is 0.122 e. The second-order valence-corrected chi connectivity index (χ2v) is 5.30. The van der Waals surface area contributed by atoms with E-state index in [1.54, 1.807) is 0 Å². The van der Waals surface area contributed by atoms with Gasteiger partial charge >= 0.3 is 0 Å². The first-order chi connectivity index (χ1) is 8.83. The molecule has 2 atom stereocenters. The zero-order valence-electron chi connectivity index (χ0n) is 10.7. The van der Waals surface area contributed by atoms with Crippen LogP contribution in [0.5, 0.6) is 5.75 Å². The Morgan fingerprint density at radius 1 is 1.28 bits per heavy atom. The number of benzene rings is 1. The van der Waals surface area contributed by atoms with Crippen LogP contribution in [0.25, 0.3) is 0 Å². The lowest BCUT2D eigenvalue weighted by atomic mass is 9.96. The van der Waals surface area contributed by atoms with Gasteiger partial charge < -0.3 is 15.2 Å². The molecule has 1 aromatic carbocycles. The Labute approximate surface area is 108 Å². The third-order valence-corrected chi connectivity index (χ3v) is 3.90. The van der Waals surface area contributed by atoms with E-state index in [2.05, 4.69) is 18.2 Å². The molecule has 0 aliphatic carbocycles. The molecule has 98 valence electrons. The molecule has 3 heteroatoms. The summed E-state index contributed by atoms with van der Waals surface area (Å²) < 4.78 is 11.3. The summed E-state index contributed by atoms with van der Waals surface area (Å²) in [5.74, 6) is 1.04. The highest BCUT2D eigenvalue weighted by Crippen LogP contribution is 2.29. The van der Waals surface area contributed by atoms with Crippen LogP contribution in [0.1, 0.15) is 42.9 Å². The average Bonchev–Trinajstić information content (AvgIpc) is 2.91. The summed E-state index contributed by atoms with van der Waals surface area (Å²) in [7, 11) is 0. The van der Waals surface area contributed by atoms with Crippen LogP contribution in [0.4, 0.5) is 0 Å². The van der Waals surface area contributed by atoms with Gasteiger partial charge in [0, 0.05) is 12.6 Å². The van der Waals surface area contributed by atoms with Crippen LogP contribution in [0.2, 0.25) is 0 Å². The van der Waals surface area contributed by atoms with E-state index in [0.717, 1.165) is 44.6 Å². The van der Waals surface area contributed by atoms with Gasteiger partial charge in [0.2, 0.25) is 0 Å². The average molecular weight is 247 g/mol. The lowest BCUT2D eigenvalue weighted by molar-refractivity contribution is 0.0983. The maximum absolute atomic E-state index is 6.29. The Kier molecular flexibility index (Phi) is 3.52. The van der Waals surface area contributed by atoms with Crippen molar-refractivity contribution in [2.24, 2.45) is 5.73 Å². The monoisotopic (exact) mass is 247 g/mol. The Balaban J connectivity index is 1.70. The number of rotatable bonds is 3. The molecular formula is C15H21NO2. The van der Waals surface area contributed by atoms with Crippen LogP contribution in [-0.2, 0) is 11.2 Å². The summed E-state index contributed by atoms with van der Waals surface area (Å²) in [6, 6.07) is 6.47. The van der Waals surface area contributed by atoms with Crippen molar-refractivity contribution in [2.45, 2.75) is 44.2 Å². The van der Waals surface area contributed by atoms with E-state index in [4.69, 9.17) is 15.2 Å². The number of nitrogens with two attached hydrogens (primary N) is 1. The van der Waals surface area contributed by atoms with Crippen LogP contribution in [0.15, 0.2) is 18.2 Å². The van der Waals surface area contributed by atoms with E-state index in [0.29, 0.717) is 6.10 Å². The first-order valence-electron chi connectivity index (χ1n) is 6.96. The van der Waals surface area contributed by atoms with E-state index in [1.165, 1.54) is 17.5 Å². The van der Waals surface area contributed by atoms with Gasteiger partial charge in [0.15, 0.2) is 0 Å². The van der Waals surface area contributed by atoms with E-state index in [-0.39, 0.29) is 6.04 Å². The van der Waals surface area contributed by atoms with Gasteiger partial charge in [0.25, 0.3) is 0 Å². The molecule has 0 aromatic heterocycles. The third-order valence-electron chi connectivity index (χ3n) is 3.90. The van der Waals surface area contributed by atoms with E-state index >= 15 is 0 Å². The topological polar surface area (TPSA) is 44.5 Å². The molecule has 1 saturated heterocycles. The predicted octanol–water partition coefficient (Wildman–Crippen LogP) is 2.58. The second-order valence-electron chi connectivity index (χ2n) is 5.30. The second kappa shape index (κ2) is 5.29. The molecule has 2 aliphatic rings. The minimum atomic E-state index is 0.0836. The van der Waals surface area contributed by atoms with Crippen molar-refractivity contribution < 1.29 is 9.47 Å². The first-order valence-corrected chi connectivity index (χ1v) is 6.96. The Morgan fingerprint density at radius 3 is 3.06 bits per heavy atom. The number of fused-ring (bicyclic) bond motifs is 1. The van der Waals surface area contributed by atoms with Gasteiger partial charge in [-0.05, 0) is 49.3 Å². The predicted molar refractivity (Wildman–Crippen MR) is 70.8 cm³/mol. The third kappa shape index (κ3) is 2.52. The molecule has 18 heavy (non-hydrogen) atoms. The number of aryl methyl sites for hydroxylation is 1. The van der Waals surface area contributed by atoms with E-state index < -0.39 is 0 Å². The molecule has 1 fully saturated rings. The van der Waals surface area contributed by atoms with E-state index in [1.807, 2.05) is 0 Å². The molecule has 0 radical (unpaired) electrons. The highest BCUT2D eigenvalue weighted by atomic mass is 16.5. The zero-order chi connectivity index (χ0) is 12.4. The fraction of sp³-hybridized carbons (Fsp3) is 0.600. The van der Waals surface area contributed by atoms with Crippen molar-refractivity contribution in [3.8, 4) is 5.75 Å². The molecule has 3 rings (SSSR count). The van der Waals surface area contributed by atoms with Crippen molar-refractivity contribution in [2.75, 3.05) is 13.2 Å². The van der Waals surface area contributed by atoms with E-state index in [9.17, 15) is 0 Å². The molecular weight excluding hydrogens is 226 g/mol. The van der Waals surface area contributed by atoms with Gasteiger partial charge in [0.1, 0.15) is 5.75 Å². The zero-order valence-corrected chi connectivity index (χ0v) is 10.7. The molecule has 1 aromatic rings. The fourth-order valence-electron chi connectivity index (χ4n) is 2.86. The molecule has 0 bridgehead atoms. The minimum Gasteiger partial charge on any atom is -0.493 e. The maximum Gasteiger partial charge on any atom is 0.122 e. The Hall–Kier alpha value is -1.06. The molecule has 0 amide bonds. The van der Waals surface area contributed by atoms with Crippen molar-refractivity contribution in [3.05, 3.63) is 29.3 Å².